The third-order valence-corrected chi connectivity index (χ3v) is 3.53. The van der Waals surface area contributed by atoms with E-state index in [4.69, 9.17) is 4.74 Å². The molecule has 0 unspecified atom stereocenters. The molecule has 2 N–H and O–H groups in total. The van der Waals surface area contributed by atoms with Gasteiger partial charge in [0.25, 0.3) is 0 Å². The third-order valence-electron chi connectivity index (χ3n) is 3.53. The second-order valence-corrected chi connectivity index (χ2v) is 5.29. The molecule has 142 valence electrons. The number of hydrogen-bond donors (Lipinski definition) is 2. The highest BCUT2D eigenvalue weighted by Crippen LogP contribution is 2.18. The second-order valence-electron chi connectivity index (χ2n) is 5.29. The highest BCUT2D eigenvalue weighted by atomic mass is 127. The summed E-state index contributed by atoms with van der Waals surface area (Å²) in [6.45, 7) is 11.0. The number of ether oxygens (including phenoxy) is 1. The van der Waals surface area contributed by atoms with Crippen molar-refractivity contribution in [1.82, 2.24) is 25.4 Å². The van der Waals surface area contributed by atoms with Crippen molar-refractivity contribution < 1.29 is 4.74 Å². The van der Waals surface area contributed by atoms with Crippen LogP contribution in [0.1, 0.15) is 25.2 Å². The number of hydrogen-bond acceptors (Lipinski definition) is 4. The minimum Gasteiger partial charge on any atom is -0.489 e. The van der Waals surface area contributed by atoms with Crippen LogP contribution in [0.3, 0.4) is 0 Å². The van der Waals surface area contributed by atoms with Crippen LogP contribution in [0.5, 0.6) is 5.75 Å². The maximum atomic E-state index is 5.68. The van der Waals surface area contributed by atoms with Gasteiger partial charge in [0.15, 0.2) is 11.8 Å². The SMILES string of the molecule is C=CCOc1ccccc1CN=C(NCC)NCc1nncn1CC.I. The zero-order valence-corrected chi connectivity index (χ0v) is 17.6. The number of guanidine groups is 1. The van der Waals surface area contributed by atoms with Crippen molar-refractivity contribution in [2.24, 2.45) is 4.99 Å². The van der Waals surface area contributed by atoms with Crippen molar-refractivity contribution in [2.75, 3.05) is 13.2 Å². The molecule has 0 saturated carbocycles. The Kier molecular flexibility index (Phi) is 10.4. The van der Waals surface area contributed by atoms with Crippen LogP contribution in [0.4, 0.5) is 0 Å². The first kappa shape index (κ1) is 21.9. The number of aromatic nitrogens is 3. The van der Waals surface area contributed by atoms with Gasteiger partial charge in [0.1, 0.15) is 18.7 Å². The van der Waals surface area contributed by atoms with Crippen molar-refractivity contribution in [3.63, 3.8) is 0 Å². The van der Waals surface area contributed by atoms with Crippen LogP contribution in [0, 0.1) is 0 Å². The van der Waals surface area contributed by atoms with Gasteiger partial charge in [-0.25, -0.2) is 4.99 Å². The Morgan fingerprint density at radius 2 is 2.12 bits per heavy atom. The molecule has 0 atom stereocenters. The summed E-state index contributed by atoms with van der Waals surface area (Å²) in [6.07, 6.45) is 3.46. The van der Waals surface area contributed by atoms with E-state index in [0.29, 0.717) is 19.7 Å². The molecular formula is C18H27IN6O. The fraction of sp³-hybridized carbons (Fsp3) is 0.389. The van der Waals surface area contributed by atoms with Gasteiger partial charge in [-0.1, -0.05) is 30.9 Å². The molecule has 1 heterocycles. The van der Waals surface area contributed by atoms with Gasteiger partial charge >= 0.3 is 0 Å². The normalized spacial score (nSPS) is 10.8. The highest BCUT2D eigenvalue weighted by Gasteiger charge is 2.06. The van der Waals surface area contributed by atoms with E-state index in [1.807, 2.05) is 35.8 Å². The lowest BCUT2D eigenvalue weighted by Gasteiger charge is -2.12. The zero-order chi connectivity index (χ0) is 17.9. The van der Waals surface area contributed by atoms with Crippen molar-refractivity contribution in [2.45, 2.75) is 33.5 Å². The molecule has 0 radical (unpaired) electrons. The number of aryl methyl sites for hydroxylation is 1. The number of nitrogens with zero attached hydrogens (tertiary/aromatic N) is 4. The first-order chi connectivity index (χ1) is 12.3. The Hall–Kier alpha value is -2.10. The standard InChI is InChI=1S/C18H26N6O.HI/c1-4-11-25-16-10-8-7-9-15(16)12-20-18(19-5-2)21-13-17-23-22-14-24(17)6-3;/h4,7-10,14H,1,5-6,11-13H2,2-3H3,(H2,19,20,21);1H. The van der Waals surface area contributed by atoms with Crippen LogP contribution in [0.15, 0.2) is 48.2 Å². The van der Waals surface area contributed by atoms with E-state index < -0.39 is 0 Å². The molecule has 0 bridgehead atoms. The Labute approximate surface area is 172 Å². The van der Waals surface area contributed by atoms with Gasteiger partial charge in [-0.3, -0.25) is 0 Å². The topological polar surface area (TPSA) is 76.4 Å². The van der Waals surface area contributed by atoms with Crippen molar-refractivity contribution in [1.29, 1.82) is 0 Å². The van der Waals surface area contributed by atoms with E-state index >= 15 is 0 Å². The fourth-order valence-electron chi connectivity index (χ4n) is 2.27. The molecule has 0 saturated heterocycles. The average molecular weight is 470 g/mol. The minimum atomic E-state index is 0. The maximum Gasteiger partial charge on any atom is 0.191 e. The molecule has 0 fully saturated rings. The predicted molar refractivity (Wildman–Crippen MR) is 115 cm³/mol. The molecule has 0 spiro atoms. The van der Waals surface area contributed by atoms with E-state index in [0.717, 1.165) is 36.2 Å². The molecule has 0 aliphatic carbocycles. The maximum absolute atomic E-state index is 5.68. The molecule has 7 nitrogen and oxygen atoms in total. The molecule has 1 aromatic carbocycles. The predicted octanol–water partition coefficient (Wildman–Crippen LogP) is 2.74. The van der Waals surface area contributed by atoms with Gasteiger partial charge in [-0.15, -0.1) is 34.2 Å². The van der Waals surface area contributed by atoms with E-state index in [2.05, 4.69) is 39.3 Å². The number of halogens is 1. The van der Waals surface area contributed by atoms with Crippen LogP contribution in [-0.4, -0.2) is 33.9 Å². The van der Waals surface area contributed by atoms with Crippen LogP contribution in [0.2, 0.25) is 0 Å². The first-order valence-electron chi connectivity index (χ1n) is 8.48. The zero-order valence-electron chi connectivity index (χ0n) is 15.3. The summed E-state index contributed by atoms with van der Waals surface area (Å²) in [4.78, 5) is 4.64. The molecule has 0 amide bonds. The number of nitrogens with one attached hydrogen (secondary N) is 2. The number of para-hydroxylation sites is 1. The smallest absolute Gasteiger partial charge is 0.191 e. The minimum absolute atomic E-state index is 0. The molecule has 26 heavy (non-hydrogen) atoms. The summed E-state index contributed by atoms with van der Waals surface area (Å²) in [5, 5.41) is 14.6. The molecule has 8 heteroatoms. The lowest BCUT2D eigenvalue weighted by atomic mass is 10.2. The lowest BCUT2D eigenvalue weighted by molar-refractivity contribution is 0.359. The summed E-state index contributed by atoms with van der Waals surface area (Å²) in [6, 6.07) is 7.89. The van der Waals surface area contributed by atoms with Gasteiger partial charge in [-0.05, 0) is 19.9 Å². The molecule has 2 rings (SSSR count). The van der Waals surface area contributed by atoms with E-state index in [1.165, 1.54) is 0 Å². The summed E-state index contributed by atoms with van der Waals surface area (Å²) < 4.78 is 7.67. The first-order valence-corrected chi connectivity index (χ1v) is 8.48. The number of benzene rings is 1. The van der Waals surface area contributed by atoms with E-state index in [1.54, 1.807) is 12.4 Å². The van der Waals surface area contributed by atoms with Gasteiger partial charge < -0.3 is 19.9 Å². The highest BCUT2D eigenvalue weighted by molar-refractivity contribution is 14.0. The van der Waals surface area contributed by atoms with Crippen molar-refractivity contribution in [3.05, 3.63) is 54.6 Å². The fourth-order valence-corrected chi connectivity index (χ4v) is 2.27. The van der Waals surface area contributed by atoms with Gasteiger partial charge in [0.2, 0.25) is 0 Å². The Morgan fingerprint density at radius 1 is 1.31 bits per heavy atom. The second kappa shape index (κ2) is 12.3. The van der Waals surface area contributed by atoms with Gasteiger partial charge in [0.05, 0.1) is 13.1 Å². The Bertz CT molecular complexity index is 700. The van der Waals surface area contributed by atoms with Gasteiger partial charge in [0, 0.05) is 18.7 Å². The van der Waals surface area contributed by atoms with Crippen molar-refractivity contribution in [3.8, 4) is 5.75 Å². The Morgan fingerprint density at radius 3 is 2.85 bits per heavy atom. The largest absolute Gasteiger partial charge is 0.489 e. The van der Waals surface area contributed by atoms with Crippen LogP contribution in [0.25, 0.3) is 0 Å². The number of rotatable bonds is 9. The average Bonchev–Trinajstić information content (AvgIpc) is 3.10. The summed E-state index contributed by atoms with van der Waals surface area (Å²) >= 11 is 0. The lowest BCUT2D eigenvalue weighted by Crippen LogP contribution is -2.37. The monoisotopic (exact) mass is 470 g/mol. The van der Waals surface area contributed by atoms with Crippen LogP contribution < -0.4 is 15.4 Å². The van der Waals surface area contributed by atoms with Crippen molar-refractivity contribution >= 4 is 29.9 Å². The molecule has 0 aliphatic rings. The third kappa shape index (κ3) is 6.66. The summed E-state index contributed by atoms with van der Waals surface area (Å²) in [7, 11) is 0. The molecule has 2 aromatic rings. The van der Waals surface area contributed by atoms with Gasteiger partial charge in [-0.2, -0.15) is 0 Å². The van der Waals surface area contributed by atoms with Crippen LogP contribution >= 0.6 is 24.0 Å². The molecule has 0 aliphatic heterocycles. The van der Waals surface area contributed by atoms with Crippen LogP contribution in [-0.2, 0) is 19.6 Å². The quantitative estimate of drug-likeness (QED) is 0.255. The Balaban J connectivity index is 0.00000338. The van der Waals surface area contributed by atoms with E-state index in [9.17, 15) is 0 Å². The summed E-state index contributed by atoms with van der Waals surface area (Å²) in [5.74, 6) is 2.43. The molecular weight excluding hydrogens is 443 g/mol. The number of aliphatic imine (C=N–C) groups is 1. The van der Waals surface area contributed by atoms with E-state index in [-0.39, 0.29) is 24.0 Å². The summed E-state index contributed by atoms with van der Waals surface area (Å²) in [5.41, 5.74) is 1.03. The molecule has 1 aromatic heterocycles.